The van der Waals surface area contributed by atoms with Crippen molar-refractivity contribution in [1.82, 2.24) is 0 Å². The Morgan fingerprint density at radius 3 is 0.556 bits per heavy atom. The van der Waals surface area contributed by atoms with Crippen molar-refractivity contribution in [3.8, 4) is 0 Å². The summed E-state index contributed by atoms with van der Waals surface area (Å²) in [6.07, 6.45) is 0. The van der Waals surface area contributed by atoms with E-state index in [0.717, 1.165) is 0 Å². The zero-order chi connectivity index (χ0) is 0. The number of hydrogen-bond acceptors (Lipinski definition) is 0. The standard InChI is InChI=1S/6ClH.Li.H3P.H2S/h6*1H;;1H3;1H2/q;;;;;;+1;;/p-1. The fourth-order valence-corrected chi connectivity index (χ4v) is 0. The molecule has 0 saturated heterocycles. The minimum atomic E-state index is 0. The summed E-state index contributed by atoms with van der Waals surface area (Å²) in [7, 11) is 0. The summed E-state index contributed by atoms with van der Waals surface area (Å²) in [6, 6.07) is 0. The van der Waals surface area contributed by atoms with Gasteiger partial charge in [-0.2, -0.15) is 23.4 Å². The predicted molar refractivity (Wildman–Crippen MR) is 57.7 cm³/mol. The van der Waals surface area contributed by atoms with Gasteiger partial charge in [0.2, 0.25) is 0 Å². The second kappa shape index (κ2) is 117. The van der Waals surface area contributed by atoms with Gasteiger partial charge in [0.25, 0.3) is 0 Å². The van der Waals surface area contributed by atoms with Crippen LogP contribution in [0.25, 0.3) is 0 Å². The first-order valence-corrected chi connectivity index (χ1v) is 0. The fourth-order valence-electron chi connectivity index (χ4n) is 0. The van der Waals surface area contributed by atoms with Gasteiger partial charge in [-0.05, 0) is 0 Å². The van der Waals surface area contributed by atoms with E-state index in [4.69, 9.17) is 0 Å². The summed E-state index contributed by atoms with van der Waals surface area (Å²) < 4.78 is 0. The third kappa shape index (κ3) is 95.1. The molecule has 0 radical (unpaired) electrons. The number of rotatable bonds is 0. The molecule has 0 spiro atoms. The van der Waals surface area contributed by atoms with E-state index < -0.39 is 0 Å². The van der Waals surface area contributed by atoms with Crippen LogP contribution in [-0.4, -0.2) is 0 Å². The summed E-state index contributed by atoms with van der Waals surface area (Å²) in [6.45, 7) is 0. The van der Waals surface area contributed by atoms with Gasteiger partial charge in [0.1, 0.15) is 0 Å². The van der Waals surface area contributed by atoms with E-state index in [-0.39, 0.29) is 117 Å². The summed E-state index contributed by atoms with van der Waals surface area (Å²) in [4.78, 5) is 0. The monoisotopic (exact) mass is 290 g/mol. The van der Waals surface area contributed by atoms with Crippen molar-refractivity contribution in [3.05, 3.63) is 0 Å². The van der Waals surface area contributed by atoms with Crippen LogP contribution < -0.4 is 31.3 Å². The first kappa shape index (κ1) is 154. The van der Waals surface area contributed by atoms with E-state index in [1.54, 1.807) is 0 Å². The topological polar surface area (TPSA) is 0 Å². The van der Waals surface area contributed by atoms with Crippen molar-refractivity contribution in [2.45, 2.75) is 0 Å². The molecule has 0 aliphatic rings. The average molecular weight is 293 g/mol. The molecule has 9 heteroatoms. The van der Waals surface area contributed by atoms with Crippen LogP contribution in [0.1, 0.15) is 0 Å². The van der Waals surface area contributed by atoms with E-state index in [0.29, 0.717) is 0 Å². The molecule has 64 valence electrons. The van der Waals surface area contributed by atoms with Crippen LogP contribution in [-0.2, 0) is 0 Å². The Morgan fingerprint density at radius 1 is 0.556 bits per heavy atom. The molecular formula is H10Cl6LiPS. The van der Waals surface area contributed by atoms with Crippen molar-refractivity contribution in [2.24, 2.45) is 0 Å². The first-order chi connectivity index (χ1) is 0. The summed E-state index contributed by atoms with van der Waals surface area (Å²) >= 11 is 0. The van der Waals surface area contributed by atoms with Crippen LogP contribution in [0.2, 0.25) is 0 Å². The average Bonchev–Trinajstić information content (AvgIpc) is 0. The van der Waals surface area contributed by atoms with Gasteiger partial charge in [0.15, 0.2) is 0 Å². The van der Waals surface area contributed by atoms with E-state index in [2.05, 4.69) is 0 Å². The van der Waals surface area contributed by atoms with Crippen LogP contribution in [0.4, 0.5) is 0 Å². The molecule has 0 rings (SSSR count). The Labute approximate surface area is 116 Å². The van der Waals surface area contributed by atoms with Crippen molar-refractivity contribution >= 4 is 85.4 Å². The van der Waals surface area contributed by atoms with Gasteiger partial charge in [0, 0.05) is 0 Å². The molecule has 0 nitrogen and oxygen atoms in total. The molecule has 0 aliphatic heterocycles. The maximum absolute atomic E-state index is 0. The molecule has 0 aliphatic carbocycles. The molecule has 1 unspecified atom stereocenters. The third-order valence-electron chi connectivity index (χ3n) is 0. The van der Waals surface area contributed by atoms with E-state index in [9.17, 15) is 0 Å². The van der Waals surface area contributed by atoms with E-state index >= 15 is 0 Å². The van der Waals surface area contributed by atoms with Crippen molar-refractivity contribution < 1.29 is 31.3 Å². The van der Waals surface area contributed by atoms with Crippen LogP contribution in [0.5, 0.6) is 0 Å². The van der Waals surface area contributed by atoms with Crippen LogP contribution >= 0.6 is 85.4 Å². The number of halogens is 6. The second-order valence-electron chi connectivity index (χ2n) is 0. The Kier molecular flexibility index (Phi) is 2010. The van der Waals surface area contributed by atoms with Crippen molar-refractivity contribution in [1.29, 1.82) is 0 Å². The van der Waals surface area contributed by atoms with Crippen LogP contribution in [0.15, 0.2) is 0 Å². The fraction of sp³-hybridized carbons (Fsp3) is 0. The molecule has 0 heterocycles. The molecule has 1 atom stereocenters. The van der Waals surface area contributed by atoms with Crippen LogP contribution in [0, 0.1) is 0 Å². The smallest absolute Gasteiger partial charge is 1.00 e. The third-order valence-corrected chi connectivity index (χ3v) is 0. The Morgan fingerprint density at radius 2 is 0.556 bits per heavy atom. The maximum atomic E-state index is 0. The normalized spacial score (nSPS) is 0. The second-order valence-corrected chi connectivity index (χ2v) is 0. The summed E-state index contributed by atoms with van der Waals surface area (Å²) in [5.41, 5.74) is 0. The minimum absolute atomic E-state index is 0. The van der Waals surface area contributed by atoms with Gasteiger partial charge in [-0.1, -0.05) is 0 Å². The molecule has 0 aromatic carbocycles. The Balaban J connectivity index is 0. The SMILES string of the molecule is Cl.Cl.Cl.Cl.Cl.P.S.[Cl-].[Li+]. The van der Waals surface area contributed by atoms with Crippen LogP contribution in [0.3, 0.4) is 0 Å². The molecule has 0 N–H and O–H groups in total. The molecule has 9 heavy (non-hydrogen) atoms. The quantitative estimate of drug-likeness (QED) is 0.318. The molecule has 0 aromatic heterocycles. The molecule has 0 saturated carbocycles. The van der Waals surface area contributed by atoms with Crippen molar-refractivity contribution in [2.75, 3.05) is 0 Å². The first-order valence-electron chi connectivity index (χ1n) is 0. The maximum Gasteiger partial charge on any atom is 1.00 e. The van der Waals surface area contributed by atoms with Gasteiger partial charge >= 0.3 is 18.9 Å². The van der Waals surface area contributed by atoms with Gasteiger partial charge < -0.3 is 12.4 Å². The van der Waals surface area contributed by atoms with Gasteiger partial charge in [0.05, 0.1) is 0 Å². The minimum Gasteiger partial charge on any atom is -1.00 e. The molecule has 0 aromatic rings. The Hall–Kier alpha value is 3.12. The van der Waals surface area contributed by atoms with Gasteiger partial charge in [-0.25, -0.2) is 0 Å². The molecule has 0 bridgehead atoms. The number of hydrogen-bond donors (Lipinski definition) is 0. The van der Waals surface area contributed by atoms with Gasteiger partial charge in [-0.15, -0.1) is 62.0 Å². The summed E-state index contributed by atoms with van der Waals surface area (Å²) in [5.74, 6) is 0. The zero-order valence-corrected chi connectivity index (χ0v) is 11.9. The largest absolute Gasteiger partial charge is 1.00 e. The molecular weight excluding hydrogens is 283 g/mol. The van der Waals surface area contributed by atoms with Crippen molar-refractivity contribution in [3.63, 3.8) is 0 Å². The predicted octanol–water partition coefficient (Wildman–Crippen LogP) is -3.71. The summed E-state index contributed by atoms with van der Waals surface area (Å²) in [5, 5.41) is 0. The van der Waals surface area contributed by atoms with Gasteiger partial charge in [-0.3, -0.25) is 0 Å². The Bertz CT molecular complexity index is 13.0. The van der Waals surface area contributed by atoms with E-state index in [1.165, 1.54) is 0 Å². The molecule has 0 fully saturated rings. The van der Waals surface area contributed by atoms with E-state index in [1.807, 2.05) is 0 Å². The zero-order valence-electron chi connectivity index (χ0n) is 4.63. The molecule has 0 amide bonds.